The Kier molecular flexibility index (Phi) is 8.23. The van der Waals surface area contributed by atoms with Gasteiger partial charge in [-0.1, -0.05) is 11.6 Å². The summed E-state index contributed by atoms with van der Waals surface area (Å²) in [5.41, 5.74) is -0.826. The quantitative estimate of drug-likeness (QED) is 0.289. The number of hydrogen-bond acceptors (Lipinski definition) is 8. The smallest absolute Gasteiger partial charge is 0.444 e. The second-order valence-corrected chi connectivity index (χ2v) is 11.0. The molecule has 1 amide bonds. The Bertz CT molecular complexity index is 1920. The van der Waals surface area contributed by atoms with Crippen molar-refractivity contribution in [3.8, 4) is 17.0 Å². The van der Waals surface area contributed by atoms with Crippen molar-refractivity contribution < 1.29 is 46.0 Å². The van der Waals surface area contributed by atoms with Gasteiger partial charge in [0.2, 0.25) is 5.71 Å². The first-order chi connectivity index (χ1) is 19.0. The molecule has 4 aromatic rings. The van der Waals surface area contributed by atoms with Crippen LogP contribution in [0.25, 0.3) is 22.4 Å². The van der Waals surface area contributed by atoms with Gasteiger partial charge in [0, 0.05) is 30.6 Å². The molecule has 1 aromatic carbocycles. The van der Waals surface area contributed by atoms with Gasteiger partial charge in [-0.25, -0.2) is 9.36 Å². The number of nitrogens with zero attached hydrogens (tertiary/aromatic N) is 4. The molecule has 0 aliphatic heterocycles. The van der Waals surface area contributed by atoms with Gasteiger partial charge < -0.3 is 18.9 Å². The summed E-state index contributed by atoms with van der Waals surface area (Å²) in [6, 6.07) is 3.26. The predicted molar refractivity (Wildman–Crippen MR) is 138 cm³/mol. The van der Waals surface area contributed by atoms with Crippen LogP contribution in [0.15, 0.2) is 42.6 Å². The number of carbonyl (C=O) groups excluding carboxylic acids is 1. The van der Waals surface area contributed by atoms with Gasteiger partial charge in [0.15, 0.2) is 4.80 Å². The molecule has 3 heterocycles. The van der Waals surface area contributed by atoms with E-state index in [0.717, 1.165) is 37.2 Å². The monoisotopic (exact) mass is 638 g/mol. The molecule has 0 atom stereocenters. The molecule has 41 heavy (non-hydrogen) atoms. The van der Waals surface area contributed by atoms with E-state index in [9.17, 15) is 41.9 Å². The lowest BCUT2D eigenvalue weighted by molar-refractivity contribution is -0.274. The highest BCUT2D eigenvalue weighted by Gasteiger charge is 2.32. The summed E-state index contributed by atoms with van der Waals surface area (Å²) in [6.07, 6.45) is -5.43. The number of amides is 1. The first-order valence-electron chi connectivity index (χ1n) is 11.2. The number of aryl methyl sites for hydroxylation is 2. The Morgan fingerprint density at radius 1 is 1.22 bits per heavy atom. The summed E-state index contributed by atoms with van der Waals surface area (Å²) in [5.74, 6) is -1.28. The molecular formula is C22H19ClF3N4O9PS. The minimum absolute atomic E-state index is 0.0102. The summed E-state index contributed by atoms with van der Waals surface area (Å²) in [5, 5.41) is 1.01. The van der Waals surface area contributed by atoms with E-state index in [1.807, 2.05) is 0 Å². The Morgan fingerprint density at radius 3 is 2.51 bits per heavy atom. The van der Waals surface area contributed by atoms with E-state index in [0.29, 0.717) is 0 Å². The summed E-state index contributed by atoms with van der Waals surface area (Å²) in [7, 11) is -2.34. The fourth-order valence-electron chi connectivity index (χ4n) is 3.87. The van der Waals surface area contributed by atoms with Crippen LogP contribution in [0.1, 0.15) is 11.3 Å². The Balaban J connectivity index is 1.77. The number of alkyl halides is 3. The van der Waals surface area contributed by atoms with Gasteiger partial charge in [-0.15, -0.1) is 24.5 Å². The van der Waals surface area contributed by atoms with Crippen molar-refractivity contribution in [2.45, 2.75) is 26.4 Å². The summed E-state index contributed by atoms with van der Waals surface area (Å²) >= 11 is 6.80. The molecule has 0 fully saturated rings. The van der Waals surface area contributed by atoms with Gasteiger partial charge in [-0.2, -0.15) is 4.99 Å². The average Bonchev–Trinajstić information content (AvgIpc) is 3.40. The van der Waals surface area contributed by atoms with Crippen molar-refractivity contribution in [1.29, 1.82) is 0 Å². The Labute approximate surface area is 235 Å². The number of rotatable bonds is 7. The molecule has 0 radical (unpaired) electrons. The summed E-state index contributed by atoms with van der Waals surface area (Å²) in [6.45, 7) is 0.698. The van der Waals surface area contributed by atoms with Crippen molar-refractivity contribution in [2.75, 3.05) is 0 Å². The molecule has 0 saturated carbocycles. The molecule has 19 heteroatoms. The maximum absolute atomic E-state index is 13.0. The fourth-order valence-corrected chi connectivity index (χ4v) is 5.27. The van der Waals surface area contributed by atoms with Gasteiger partial charge >= 0.3 is 19.9 Å². The zero-order valence-corrected chi connectivity index (χ0v) is 23.6. The molecule has 0 aliphatic carbocycles. The van der Waals surface area contributed by atoms with Crippen molar-refractivity contribution in [1.82, 2.24) is 13.7 Å². The highest BCUT2D eigenvalue weighted by molar-refractivity contribution is 7.46. The standard InChI is InChI=1S/C22H19ClF3N4O9PS/c1-10-12(17-18(32)28(2)21(33)29(3)19(17)38-10)7-16(31)27-20-30(9-37-40(34,35)36)14(8-41-20)11-4-5-15(13(23)6-11)39-22(24,25)26/h4-6,8H,7,9H2,1-3H3,(H2,34,35,36). The van der Waals surface area contributed by atoms with Crippen LogP contribution in [-0.2, 0) is 41.1 Å². The van der Waals surface area contributed by atoms with Crippen LogP contribution in [0.4, 0.5) is 13.2 Å². The Hall–Kier alpha value is -3.47. The van der Waals surface area contributed by atoms with Crippen LogP contribution in [-0.4, -0.2) is 35.8 Å². The molecule has 4 rings (SSSR count). The number of benzene rings is 1. The summed E-state index contributed by atoms with van der Waals surface area (Å²) in [4.78, 5) is 60.3. The topological polar surface area (TPSA) is 167 Å². The molecule has 0 aliphatic rings. The highest BCUT2D eigenvalue weighted by atomic mass is 35.5. The van der Waals surface area contributed by atoms with E-state index in [4.69, 9.17) is 16.0 Å². The SMILES string of the molecule is Cc1oc2c(c1CC(=O)N=c1scc(-c3ccc(OC(F)(F)F)c(Cl)c3)n1COP(=O)(O)O)c(=O)n(C)c(=O)n2C. The van der Waals surface area contributed by atoms with Crippen LogP contribution in [0.5, 0.6) is 5.75 Å². The van der Waals surface area contributed by atoms with E-state index in [-0.39, 0.29) is 38.5 Å². The van der Waals surface area contributed by atoms with Crippen molar-refractivity contribution >= 4 is 47.8 Å². The maximum Gasteiger partial charge on any atom is 0.573 e. The van der Waals surface area contributed by atoms with E-state index in [2.05, 4.69) is 14.3 Å². The molecule has 0 bridgehead atoms. The number of halogens is 4. The number of carbonyl (C=O) groups is 1. The van der Waals surface area contributed by atoms with Gasteiger partial charge in [-0.3, -0.25) is 27.8 Å². The average molecular weight is 639 g/mol. The van der Waals surface area contributed by atoms with Crippen LogP contribution in [0, 0.1) is 6.92 Å². The van der Waals surface area contributed by atoms with E-state index >= 15 is 0 Å². The molecule has 2 N–H and O–H groups in total. The van der Waals surface area contributed by atoms with Crippen LogP contribution >= 0.6 is 30.8 Å². The third kappa shape index (κ3) is 6.55. The lowest BCUT2D eigenvalue weighted by Crippen LogP contribution is -2.36. The molecule has 0 unspecified atom stereocenters. The lowest BCUT2D eigenvalue weighted by atomic mass is 10.1. The van der Waals surface area contributed by atoms with Crippen LogP contribution < -0.4 is 20.8 Å². The van der Waals surface area contributed by atoms with Crippen molar-refractivity contribution in [3.05, 3.63) is 65.6 Å². The first kappa shape index (κ1) is 30.5. The molecular weight excluding hydrogens is 620 g/mol. The van der Waals surface area contributed by atoms with Gasteiger partial charge in [-0.05, 0) is 25.1 Å². The van der Waals surface area contributed by atoms with E-state index in [1.165, 1.54) is 32.5 Å². The highest BCUT2D eigenvalue weighted by Crippen LogP contribution is 2.37. The second kappa shape index (κ2) is 11.1. The third-order valence-electron chi connectivity index (χ3n) is 5.74. The number of fused-ring (bicyclic) bond motifs is 1. The minimum Gasteiger partial charge on any atom is -0.444 e. The zero-order valence-electron chi connectivity index (χ0n) is 21.1. The third-order valence-corrected chi connectivity index (χ3v) is 7.35. The zero-order chi connectivity index (χ0) is 30.4. The van der Waals surface area contributed by atoms with Gasteiger partial charge in [0.25, 0.3) is 11.5 Å². The van der Waals surface area contributed by atoms with E-state index in [1.54, 1.807) is 0 Å². The number of ether oxygens (including phenoxy) is 1. The Morgan fingerprint density at radius 2 is 1.90 bits per heavy atom. The number of aromatic nitrogens is 3. The predicted octanol–water partition coefficient (Wildman–Crippen LogP) is 2.96. The summed E-state index contributed by atoms with van der Waals surface area (Å²) < 4.78 is 66.3. The number of phosphoric acid groups is 1. The molecule has 220 valence electrons. The van der Waals surface area contributed by atoms with Crippen molar-refractivity contribution in [3.63, 3.8) is 0 Å². The van der Waals surface area contributed by atoms with Gasteiger partial charge in [0.1, 0.15) is 23.6 Å². The van der Waals surface area contributed by atoms with Crippen LogP contribution in [0.2, 0.25) is 5.02 Å². The number of phosphoric ester groups is 1. The van der Waals surface area contributed by atoms with Gasteiger partial charge in [0.05, 0.1) is 17.1 Å². The maximum atomic E-state index is 13.0. The molecule has 3 aromatic heterocycles. The largest absolute Gasteiger partial charge is 0.573 e. The van der Waals surface area contributed by atoms with Crippen molar-refractivity contribution in [2.24, 2.45) is 19.1 Å². The molecule has 0 spiro atoms. The fraction of sp³-hybridized carbons (Fsp3) is 0.273. The first-order valence-corrected chi connectivity index (χ1v) is 13.9. The van der Waals surface area contributed by atoms with E-state index < -0.39 is 55.3 Å². The normalized spacial score (nSPS) is 12.9. The number of furan rings is 1. The lowest BCUT2D eigenvalue weighted by Gasteiger charge is -2.13. The second-order valence-electron chi connectivity index (χ2n) is 8.48. The number of thiazole rings is 1. The molecule has 13 nitrogen and oxygen atoms in total. The number of hydrogen-bond donors (Lipinski definition) is 2. The molecule has 0 saturated heterocycles. The minimum atomic E-state index is -5.00. The van der Waals surface area contributed by atoms with Crippen LogP contribution in [0.3, 0.4) is 0 Å².